The highest BCUT2D eigenvalue weighted by Crippen LogP contribution is 2.28. The third-order valence-corrected chi connectivity index (χ3v) is 3.12. The maximum atomic E-state index is 12.1. The van der Waals surface area contributed by atoms with Crippen molar-refractivity contribution < 1.29 is 19.4 Å². The molecule has 0 aliphatic carbocycles. The van der Waals surface area contributed by atoms with E-state index in [1.54, 1.807) is 6.07 Å². The second kappa shape index (κ2) is 6.27. The van der Waals surface area contributed by atoms with E-state index in [1.165, 1.54) is 0 Å². The van der Waals surface area contributed by atoms with Crippen LogP contribution in [0.5, 0.6) is 5.75 Å². The van der Waals surface area contributed by atoms with E-state index < -0.39 is 24.0 Å². The normalized spacial score (nSPS) is 18.1. The van der Waals surface area contributed by atoms with Crippen molar-refractivity contribution in [2.45, 2.75) is 31.9 Å². The summed E-state index contributed by atoms with van der Waals surface area (Å²) in [5.41, 5.74) is 0.833. The Morgan fingerprint density at radius 1 is 1.50 bits per heavy atom. The van der Waals surface area contributed by atoms with E-state index in [0.717, 1.165) is 5.69 Å². The number of anilines is 1. The van der Waals surface area contributed by atoms with Crippen molar-refractivity contribution in [1.29, 1.82) is 0 Å². The summed E-state index contributed by atoms with van der Waals surface area (Å²) in [4.78, 5) is 23.1. The van der Waals surface area contributed by atoms with Gasteiger partial charge in [0.25, 0.3) is 5.91 Å². The summed E-state index contributed by atoms with van der Waals surface area (Å²) in [5.74, 6) is -0.835. The first-order chi connectivity index (χ1) is 9.61. The molecule has 6 heteroatoms. The Bertz CT molecular complexity index is 504. The van der Waals surface area contributed by atoms with Crippen molar-refractivity contribution in [3.8, 4) is 5.75 Å². The molecule has 2 atom stereocenters. The van der Waals surface area contributed by atoms with Gasteiger partial charge in [-0.05, 0) is 18.6 Å². The van der Waals surface area contributed by atoms with Gasteiger partial charge in [-0.3, -0.25) is 4.79 Å². The maximum Gasteiger partial charge on any atom is 0.326 e. The summed E-state index contributed by atoms with van der Waals surface area (Å²) in [5, 5.41) is 14.6. The van der Waals surface area contributed by atoms with Crippen LogP contribution in [0.25, 0.3) is 0 Å². The summed E-state index contributed by atoms with van der Waals surface area (Å²) in [7, 11) is 0. The summed E-state index contributed by atoms with van der Waals surface area (Å²) in [6.45, 7) is 2.19. The molecule has 20 heavy (non-hydrogen) atoms. The standard InChI is InChI=1S/C14H18N2O4/c1-2-5-10(14(18)19)16-13(17)12-8-15-9-6-3-4-7-11(9)20-12/h3-4,6-7,10,12,15H,2,5,8H2,1H3,(H,16,17)(H,18,19). The number of carbonyl (C=O) groups is 2. The predicted molar refractivity (Wildman–Crippen MR) is 73.8 cm³/mol. The van der Waals surface area contributed by atoms with Crippen LogP contribution in [0.4, 0.5) is 5.69 Å². The average molecular weight is 278 g/mol. The van der Waals surface area contributed by atoms with Gasteiger partial charge in [-0.2, -0.15) is 0 Å². The Labute approximate surface area is 117 Å². The summed E-state index contributed by atoms with van der Waals surface area (Å²) in [6.07, 6.45) is 0.366. The molecule has 1 aromatic carbocycles. The molecular formula is C14H18N2O4. The van der Waals surface area contributed by atoms with Gasteiger partial charge in [0.05, 0.1) is 12.2 Å². The molecule has 0 spiro atoms. The lowest BCUT2D eigenvalue weighted by Gasteiger charge is -2.27. The van der Waals surface area contributed by atoms with Crippen LogP contribution in [0, 0.1) is 0 Å². The van der Waals surface area contributed by atoms with E-state index in [4.69, 9.17) is 9.84 Å². The first-order valence-electron chi connectivity index (χ1n) is 6.64. The molecule has 108 valence electrons. The number of fused-ring (bicyclic) bond motifs is 1. The van der Waals surface area contributed by atoms with Gasteiger partial charge in [-0.1, -0.05) is 25.5 Å². The Morgan fingerprint density at radius 3 is 2.95 bits per heavy atom. The quantitative estimate of drug-likeness (QED) is 0.754. The highest BCUT2D eigenvalue weighted by atomic mass is 16.5. The molecule has 6 nitrogen and oxygen atoms in total. The first-order valence-corrected chi connectivity index (χ1v) is 6.64. The highest BCUT2D eigenvalue weighted by molar-refractivity contribution is 5.87. The van der Waals surface area contributed by atoms with Crippen molar-refractivity contribution in [1.82, 2.24) is 5.32 Å². The number of nitrogens with one attached hydrogen (secondary N) is 2. The van der Waals surface area contributed by atoms with Crippen molar-refractivity contribution >= 4 is 17.6 Å². The molecule has 2 rings (SSSR count). The number of aliphatic carboxylic acids is 1. The zero-order valence-electron chi connectivity index (χ0n) is 11.3. The second-order valence-electron chi connectivity index (χ2n) is 4.67. The monoisotopic (exact) mass is 278 g/mol. The minimum absolute atomic E-state index is 0.321. The van der Waals surface area contributed by atoms with Gasteiger partial charge < -0.3 is 20.5 Å². The third-order valence-electron chi connectivity index (χ3n) is 3.12. The minimum Gasteiger partial charge on any atom is -0.480 e. The van der Waals surface area contributed by atoms with Crippen molar-refractivity contribution in [2.24, 2.45) is 0 Å². The van der Waals surface area contributed by atoms with Gasteiger partial charge in [0.2, 0.25) is 0 Å². The Morgan fingerprint density at radius 2 is 2.25 bits per heavy atom. The fourth-order valence-electron chi connectivity index (χ4n) is 2.07. The van der Waals surface area contributed by atoms with Crippen molar-refractivity contribution in [3.05, 3.63) is 24.3 Å². The molecule has 1 aliphatic heterocycles. The summed E-state index contributed by atoms with van der Waals surface area (Å²) >= 11 is 0. The molecule has 1 aliphatic rings. The van der Waals surface area contributed by atoms with Gasteiger partial charge in [0, 0.05) is 0 Å². The topological polar surface area (TPSA) is 87.7 Å². The van der Waals surface area contributed by atoms with Gasteiger partial charge in [-0.25, -0.2) is 4.79 Å². The molecule has 3 N–H and O–H groups in total. The smallest absolute Gasteiger partial charge is 0.326 e. The van der Waals surface area contributed by atoms with Gasteiger partial charge in [-0.15, -0.1) is 0 Å². The van der Waals surface area contributed by atoms with E-state index in [2.05, 4.69) is 10.6 Å². The predicted octanol–water partition coefficient (Wildman–Crippen LogP) is 1.23. The van der Waals surface area contributed by atoms with Gasteiger partial charge >= 0.3 is 5.97 Å². The molecule has 0 aromatic heterocycles. The molecule has 0 saturated heterocycles. The second-order valence-corrected chi connectivity index (χ2v) is 4.67. The number of ether oxygens (including phenoxy) is 1. The number of benzene rings is 1. The number of hydrogen-bond acceptors (Lipinski definition) is 4. The van der Waals surface area contributed by atoms with E-state index in [9.17, 15) is 9.59 Å². The van der Waals surface area contributed by atoms with Crippen molar-refractivity contribution in [3.63, 3.8) is 0 Å². The Kier molecular flexibility index (Phi) is 4.45. The van der Waals surface area contributed by atoms with E-state index >= 15 is 0 Å². The average Bonchev–Trinajstić information content (AvgIpc) is 2.46. The van der Waals surface area contributed by atoms with E-state index in [-0.39, 0.29) is 0 Å². The first kappa shape index (κ1) is 14.2. The largest absolute Gasteiger partial charge is 0.480 e. The third kappa shape index (κ3) is 3.20. The zero-order chi connectivity index (χ0) is 14.5. The van der Waals surface area contributed by atoms with Crippen LogP contribution in [0.1, 0.15) is 19.8 Å². The van der Waals surface area contributed by atoms with Crippen molar-refractivity contribution in [2.75, 3.05) is 11.9 Å². The molecule has 0 radical (unpaired) electrons. The van der Waals surface area contributed by atoms with Crippen LogP contribution in [0.3, 0.4) is 0 Å². The molecule has 1 amide bonds. The Balaban J connectivity index is 1.99. The fraction of sp³-hybridized carbons (Fsp3) is 0.429. The number of amides is 1. The molecule has 0 fully saturated rings. The number of carboxylic acids is 1. The van der Waals surface area contributed by atoms with Crippen LogP contribution < -0.4 is 15.4 Å². The van der Waals surface area contributed by atoms with Crippen LogP contribution in [0.2, 0.25) is 0 Å². The molecule has 1 heterocycles. The lowest BCUT2D eigenvalue weighted by Crippen LogP contribution is -2.50. The number of hydrogen-bond donors (Lipinski definition) is 3. The summed E-state index contributed by atoms with van der Waals surface area (Å²) < 4.78 is 5.58. The van der Waals surface area contributed by atoms with Crippen LogP contribution >= 0.6 is 0 Å². The van der Waals surface area contributed by atoms with Crippen LogP contribution in [-0.2, 0) is 9.59 Å². The molecule has 0 bridgehead atoms. The lowest BCUT2D eigenvalue weighted by molar-refractivity contribution is -0.143. The SMILES string of the molecule is CCCC(NC(=O)C1CNc2ccccc2O1)C(=O)O. The molecular weight excluding hydrogens is 260 g/mol. The maximum absolute atomic E-state index is 12.1. The Hall–Kier alpha value is -2.24. The van der Waals surface area contributed by atoms with Crippen LogP contribution in [0.15, 0.2) is 24.3 Å². The summed E-state index contributed by atoms with van der Waals surface area (Å²) in [6, 6.07) is 6.45. The fourth-order valence-corrected chi connectivity index (χ4v) is 2.07. The van der Waals surface area contributed by atoms with Gasteiger partial charge in [0.15, 0.2) is 6.10 Å². The zero-order valence-corrected chi connectivity index (χ0v) is 11.3. The molecule has 1 aromatic rings. The van der Waals surface area contributed by atoms with Gasteiger partial charge in [0.1, 0.15) is 11.8 Å². The highest BCUT2D eigenvalue weighted by Gasteiger charge is 2.29. The minimum atomic E-state index is -1.02. The number of carboxylic acid groups (broad SMARTS) is 1. The van der Waals surface area contributed by atoms with E-state index in [0.29, 0.717) is 25.1 Å². The molecule has 2 unspecified atom stereocenters. The van der Waals surface area contributed by atoms with Crippen LogP contribution in [-0.4, -0.2) is 35.7 Å². The number of rotatable bonds is 5. The number of carbonyl (C=O) groups excluding carboxylic acids is 1. The lowest BCUT2D eigenvalue weighted by atomic mass is 10.1. The molecule has 0 saturated carbocycles. The van der Waals surface area contributed by atoms with E-state index in [1.807, 2.05) is 25.1 Å². The number of para-hydroxylation sites is 2.